The van der Waals surface area contributed by atoms with Gasteiger partial charge in [0.15, 0.2) is 11.5 Å². The summed E-state index contributed by atoms with van der Waals surface area (Å²) in [5, 5.41) is 0. The lowest BCUT2D eigenvalue weighted by Crippen LogP contribution is -1.92. The zero-order chi connectivity index (χ0) is 34.1. The molecule has 246 valence electrons. The van der Waals surface area contributed by atoms with Crippen molar-refractivity contribution in [3.63, 3.8) is 0 Å². The van der Waals surface area contributed by atoms with Gasteiger partial charge in [-0.3, -0.25) is 0 Å². The van der Waals surface area contributed by atoms with Crippen molar-refractivity contribution in [1.82, 2.24) is 0 Å². The molecule has 0 unspecified atom stereocenters. The Bertz CT molecular complexity index is 2080. The van der Waals surface area contributed by atoms with Crippen molar-refractivity contribution < 1.29 is 37.2 Å². The van der Waals surface area contributed by atoms with Crippen LogP contribution >= 0.6 is 0 Å². The highest BCUT2D eigenvalue weighted by molar-refractivity contribution is 5.48. The molecule has 0 aromatic heterocycles. The maximum absolute atomic E-state index is 13.6. The van der Waals surface area contributed by atoms with Gasteiger partial charge in [0.25, 0.3) is 0 Å². The fraction of sp³-hybridized carbons (Fsp3) is 0. The Kier molecular flexibility index (Phi) is 9.51. The molecule has 0 aliphatic rings. The van der Waals surface area contributed by atoms with Gasteiger partial charge < -0.3 is 28.4 Å². The van der Waals surface area contributed by atoms with Crippen molar-refractivity contribution >= 4 is 0 Å². The monoisotopic (exact) mass is 666 g/mol. The molecule has 7 aromatic carbocycles. The molecule has 7 aromatic rings. The van der Waals surface area contributed by atoms with E-state index in [1.165, 1.54) is 24.3 Å². The summed E-state index contributed by atoms with van der Waals surface area (Å²) in [5.41, 5.74) is 0. The Morgan fingerprint density at radius 3 is 0.760 bits per heavy atom. The van der Waals surface area contributed by atoms with Gasteiger partial charge >= 0.3 is 0 Å². The van der Waals surface area contributed by atoms with E-state index in [0.29, 0.717) is 69.0 Å². The third-order valence-electron chi connectivity index (χ3n) is 7.06. The molecule has 0 amide bonds. The number of hydrogen-bond acceptors (Lipinski definition) is 6. The predicted molar refractivity (Wildman–Crippen MR) is 185 cm³/mol. The van der Waals surface area contributed by atoms with Crippen LogP contribution in [0.2, 0.25) is 0 Å². The maximum Gasteiger partial charge on any atom is 0.169 e. The SMILES string of the molecule is Fc1cccc(Oc2cccc(Oc3cccc(Oc4ccccc4Oc4cccc(Oc5cccc(Oc6cccc(F)c6)c5)c4)c3)c2)c1. The number of rotatable bonds is 12. The Balaban J connectivity index is 1.01. The first-order chi connectivity index (χ1) is 24.5. The van der Waals surface area contributed by atoms with Gasteiger partial charge in [-0.25, -0.2) is 8.78 Å². The normalized spacial score (nSPS) is 10.6. The summed E-state index contributed by atoms with van der Waals surface area (Å²) in [5.74, 6) is 5.21. The predicted octanol–water partition coefficient (Wildman–Crippen LogP) is 12.7. The van der Waals surface area contributed by atoms with Crippen LogP contribution in [0.15, 0.2) is 170 Å². The molecule has 8 heteroatoms. The van der Waals surface area contributed by atoms with Crippen molar-refractivity contribution in [1.29, 1.82) is 0 Å². The molecule has 0 radical (unpaired) electrons. The first-order valence-corrected chi connectivity index (χ1v) is 15.6. The van der Waals surface area contributed by atoms with Gasteiger partial charge in [-0.1, -0.05) is 48.5 Å². The average Bonchev–Trinajstić information content (AvgIpc) is 3.10. The minimum absolute atomic E-state index is 0.380. The average molecular weight is 667 g/mol. The molecule has 0 bridgehead atoms. The molecule has 0 atom stereocenters. The number of halogens is 2. The highest BCUT2D eigenvalue weighted by Crippen LogP contribution is 2.38. The topological polar surface area (TPSA) is 55.4 Å². The lowest BCUT2D eigenvalue weighted by atomic mass is 10.2. The van der Waals surface area contributed by atoms with Gasteiger partial charge in [-0.2, -0.15) is 0 Å². The molecule has 0 fully saturated rings. The summed E-state index contributed by atoms with van der Waals surface area (Å²) in [6.45, 7) is 0. The lowest BCUT2D eigenvalue weighted by molar-refractivity contribution is 0.412. The molecule has 0 aliphatic heterocycles. The second-order valence-electron chi connectivity index (χ2n) is 10.9. The van der Waals surface area contributed by atoms with E-state index in [1.54, 1.807) is 97.1 Å². The molecule has 50 heavy (non-hydrogen) atoms. The van der Waals surface area contributed by atoms with E-state index < -0.39 is 0 Å². The second-order valence-corrected chi connectivity index (χ2v) is 10.9. The summed E-state index contributed by atoms with van der Waals surface area (Å²) >= 11 is 0. The summed E-state index contributed by atoms with van der Waals surface area (Å²) in [6.07, 6.45) is 0. The van der Waals surface area contributed by atoms with Gasteiger partial charge in [0.1, 0.15) is 69.1 Å². The Morgan fingerprint density at radius 1 is 0.240 bits per heavy atom. The molecule has 0 heterocycles. The summed E-state index contributed by atoms with van der Waals surface area (Å²) in [4.78, 5) is 0. The number of hydrogen-bond donors (Lipinski definition) is 0. The summed E-state index contributed by atoms with van der Waals surface area (Å²) in [6, 6.07) is 47.7. The molecule has 0 aliphatic carbocycles. The lowest BCUT2D eigenvalue weighted by Gasteiger charge is -2.14. The number of benzene rings is 7. The van der Waals surface area contributed by atoms with Crippen molar-refractivity contribution in [2.24, 2.45) is 0 Å². The maximum atomic E-state index is 13.6. The van der Waals surface area contributed by atoms with Gasteiger partial charge in [0, 0.05) is 36.4 Å². The minimum Gasteiger partial charge on any atom is -0.457 e. The van der Waals surface area contributed by atoms with Crippen molar-refractivity contribution in [3.8, 4) is 69.0 Å². The van der Waals surface area contributed by atoms with E-state index in [9.17, 15) is 8.78 Å². The fourth-order valence-electron chi connectivity index (χ4n) is 4.88. The van der Waals surface area contributed by atoms with Crippen molar-refractivity contribution in [3.05, 3.63) is 181 Å². The zero-order valence-corrected chi connectivity index (χ0v) is 26.4. The van der Waals surface area contributed by atoms with E-state index in [0.717, 1.165) is 0 Å². The zero-order valence-electron chi connectivity index (χ0n) is 26.4. The van der Waals surface area contributed by atoms with Crippen LogP contribution in [0.3, 0.4) is 0 Å². The Labute approximate surface area is 287 Å². The fourth-order valence-corrected chi connectivity index (χ4v) is 4.88. The van der Waals surface area contributed by atoms with E-state index >= 15 is 0 Å². The molecular formula is C42H28F2O6. The quantitative estimate of drug-likeness (QED) is 0.129. The first kappa shape index (κ1) is 31.8. The van der Waals surface area contributed by atoms with Gasteiger partial charge in [0.2, 0.25) is 0 Å². The van der Waals surface area contributed by atoms with E-state index in [4.69, 9.17) is 28.4 Å². The van der Waals surface area contributed by atoms with Crippen LogP contribution in [-0.2, 0) is 0 Å². The van der Waals surface area contributed by atoms with Crippen LogP contribution in [0.5, 0.6) is 69.0 Å². The van der Waals surface area contributed by atoms with Gasteiger partial charge in [-0.05, 0) is 84.9 Å². The Hall–Kier alpha value is -6.80. The second kappa shape index (κ2) is 15.0. The molecule has 6 nitrogen and oxygen atoms in total. The van der Waals surface area contributed by atoms with Crippen LogP contribution in [0.1, 0.15) is 0 Å². The molecule has 0 spiro atoms. The largest absolute Gasteiger partial charge is 0.457 e. The van der Waals surface area contributed by atoms with Crippen LogP contribution in [0, 0.1) is 11.6 Å². The van der Waals surface area contributed by atoms with Gasteiger partial charge in [-0.15, -0.1) is 0 Å². The molecule has 0 saturated carbocycles. The highest BCUT2D eigenvalue weighted by Gasteiger charge is 2.11. The van der Waals surface area contributed by atoms with E-state index in [1.807, 2.05) is 48.5 Å². The third kappa shape index (κ3) is 8.56. The first-order valence-electron chi connectivity index (χ1n) is 15.6. The van der Waals surface area contributed by atoms with E-state index in [2.05, 4.69) is 0 Å². The third-order valence-corrected chi connectivity index (χ3v) is 7.06. The molecule has 0 saturated heterocycles. The number of ether oxygens (including phenoxy) is 6. The van der Waals surface area contributed by atoms with Crippen LogP contribution in [0.4, 0.5) is 8.78 Å². The smallest absolute Gasteiger partial charge is 0.169 e. The molecule has 0 N–H and O–H groups in total. The minimum atomic E-state index is -0.380. The van der Waals surface area contributed by atoms with Crippen LogP contribution in [-0.4, -0.2) is 0 Å². The number of para-hydroxylation sites is 2. The van der Waals surface area contributed by atoms with Crippen molar-refractivity contribution in [2.45, 2.75) is 0 Å². The van der Waals surface area contributed by atoms with Crippen LogP contribution < -0.4 is 28.4 Å². The summed E-state index contributed by atoms with van der Waals surface area (Å²) in [7, 11) is 0. The highest BCUT2D eigenvalue weighted by atomic mass is 19.1. The van der Waals surface area contributed by atoms with E-state index in [-0.39, 0.29) is 11.6 Å². The van der Waals surface area contributed by atoms with Crippen LogP contribution in [0.25, 0.3) is 0 Å². The van der Waals surface area contributed by atoms with Gasteiger partial charge in [0.05, 0.1) is 0 Å². The summed E-state index contributed by atoms with van der Waals surface area (Å²) < 4.78 is 63.4. The Morgan fingerprint density at radius 2 is 0.480 bits per heavy atom. The molecular weight excluding hydrogens is 638 g/mol. The van der Waals surface area contributed by atoms with Crippen molar-refractivity contribution in [2.75, 3.05) is 0 Å². The standard InChI is InChI=1S/C42H28F2O6/c43-29-9-3-11-31(23-29)45-33-13-5-15-35(25-33)47-37-17-7-19-39(27-37)49-41-21-1-2-22-42(41)50-40-20-8-18-38(28-40)48-36-16-6-14-34(26-36)46-32-12-4-10-30(44)24-32/h1-28H. The molecule has 7 rings (SSSR count).